The van der Waals surface area contributed by atoms with Gasteiger partial charge >= 0.3 is 0 Å². The second-order valence-electron chi connectivity index (χ2n) is 8.45. The van der Waals surface area contributed by atoms with Crippen molar-refractivity contribution in [3.05, 3.63) is 65.0 Å². The average molecular weight is 392 g/mol. The summed E-state index contributed by atoms with van der Waals surface area (Å²) in [5, 5.41) is 6.45. The van der Waals surface area contributed by atoms with Gasteiger partial charge in [-0.3, -0.25) is 9.59 Å². The van der Waals surface area contributed by atoms with Crippen LogP contribution in [0.2, 0.25) is 0 Å². The summed E-state index contributed by atoms with van der Waals surface area (Å²) in [4.78, 5) is 28.0. The predicted octanol–water partition coefficient (Wildman–Crippen LogP) is 4.12. The highest BCUT2D eigenvalue weighted by molar-refractivity contribution is 6.08. The van der Waals surface area contributed by atoms with E-state index in [9.17, 15) is 9.59 Å². The molecule has 1 saturated heterocycles. The largest absolute Gasteiger partial charge is 0.357 e. The Labute approximate surface area is 172 Å². The molecule has 0 spiro atoms. The molecule has 5 heteroatoms. The summed E-state index contributed by atoms with van der Waals surface area (Å²) >= 11 is 0. The molecule has 1 aromatic heterocycles. The van der Waals surface area contributed by atoms with Crippen molar-refractivity contribution >= 4 is 28.8 Å². The molecule has 1 aliphatic heterocycles. The van der Waals surface area contributed by atoms with Gasteiger partial charge in [0.15, 0.2) is 0 Å². The van der Waals surface area contributed by atoms with Gasteiger partial charge in [-0.25, -0.2) is 0 Å². The highest BCUT2D eigenvalue weighted by Crippen LogP contribution is 2.34. The first kappa shape index (κ1) is 20.6. The van der Waals surface area contributed by atoms with Crippen molar-refractivity contribution in [3.63, 3.8) is 0 Å². The molecule has 5 nitrogen and oxygen atoms in total. The third-order valence-corrected chi connectivity index (χ3v) is 5.34. The van der Waals surface area contributed by atoms with Gasteiger partial charge in [0.2, 0.25) is 5.91 Å². The van der Waals surface area contributed by atoms with Crippen molar-refractivity contribution in [1.29, 1.82) is 0 Å². The van der Waals surface area contributed by atoms with Crippen LogP contribution in [0.1, 0.15) is 51.4 Å². The van der Waals surface area contributed by atoms with Crippen LogP contribution >= 0.6 is 0 Å². The van der Waals surface area contributed by atoms with Gasteiger partial charge in [0.1, 0.15) is 11.7 Å². The minimum absolute atomic E-state index is 0.218. The van der Waals surface area contributed by atoms with Crippen LogP contribution in [-0.4, -0.2) is 22.8 Å². The Hall–Kier alpha value is -3.08. The zero-order valence-corrected chi connectivity index (χ0v) is 17.8. The fourth-order valence-corrected chi connectivity index (χ4v) is 3.35. The van der Waals surface area contributed by atoms with Crippen molar-refractivity contribution in [1.82, 2.24) is 15.6 Å². The standard InChI is InChI=1S/C24H29N3O2/c1-7-24(5,6)21-18(13-20-23(29)25-15(4)22(28)27-20)17-12-16(9-8-14(2)3)10-11-19(17)26-21/h7-8,10-13,15,26H,1,9H2,2-6H3,(H,25,29)(H,27,28)/b20-13+/t15-/m0/s1. The summed E-state index contributed by atoms with van der Waals surface area (Å²) in [6.07, 6.45) is 6.68. The number of nitrogens with one attached hydrogen (secondary N) is 3. The summed E-state index contributed by atoms with van der Waals surface area (Å²) in [7, 11) is 0. The number of aromatic amines is 1. The van der Waals surface area contributed by atoms with Crippen LogP contribution in [-0.2, 0) is 21.4 Å². The maximum Gasteiger partial charge on any atom is 0.268 e. The molecule has 1 aromatic carbocycles. The molecule has 0 saturated carbocycles. The highest BCUT2D eigenvalue weighted by atomic mass is 16.2. The van der Waals surface area contributed by atoms with E-state index in [0.29, 0.717) is 0 Å². The monoisotopic (exact) mass is 391 g/mol. The van der Waals surface area contributed by atoms with Crippen molar-refractivity contribution < 1.29 is 9.59 Å². The SMILES string of the molecule is C=CC(C)(C)c1[nH]c2ccc(CC=C(C)C)cc2c1/C=C1/NC(=O)[C@H](C)NC1=O. The van der Waals surface area contributed by atoms with Gasteiger partial charge < -0.3 is 15.6 Å². The van der Waals surface area contributed by atoms with E-state index in [0.717, 1.165) is 28.6 Å². The number of allylic oxidation sites excluding steroid dienone is 3. The lowest BCUT2D eigenvalue weighted by Crippen LogP contribution is -2.53. The molecule has 0 radical (unpaired) electrons. The van der Waals surface area contributed by atoms with Crippen LogP contribution in [0.3, 0.4) is 0 Å². The van der Waals surface area contributed by atoms with E-state index in [1.165, 1.54) is 11.1 Å². The number of hydrogen-bond acceptors (Lipinski definition) is 2. The molecule has 0 bridgehead atoms. The third-order valence-electron chi connectivity index (χ3n) is 5.34. The zero-order chi connectivity index (χ0) is 21.3. The molecule has 0 unspecified atom stereocenters. The number of aromatic nitrogens is 1. The summed E-state index contributed by atoms with van der Waals surface area (Å²) in [6, 6.07) is 5.78. The fraction of sp³-hybridized carbons (Fsp3) is 0.333. The van der Waals surface area contributed by atoms with Crippen LogP contribution in [0.15, 0.2) is 48.2 Å². The second kappa shape index (κ2) is 7.74. The molecule has 1 aliphatic rings. The maximum absolute atomic E-state index is 12.5. The van der Waals surface area contributed by atoms with E-state index in [2.05, 4.69) is 74.2 Å². The smallest absolute Gasteiger partial charge is 0.268 e. The van der Waals surface area contributed by atoms with Crippen LogP contribution in [0.4, 0.5) is 0 Å². The van der Waals surface area contributed by atoms with E-state index in [1.54, 1.807) is 13.0 Å². The third kappa shape index (κ3) is 4.19. The van der Waals surface area contributed by atoms with Crippen molar-refractivity contribution in [2.45, 2.75) is 52.5 Å². The molecule has 152 valence electrons. The quantitative estimate of drug-likeness (QED) is 0.530. The van der Waals surface area contributed by atoms with Crippen molar-refractivity contribution in [3.8, 4) is 0 Å². The topological polar surface area (TPSA) is 74.0 Å². The number of carbonyl (C=O) groups is 2. The summed E-state index contributed by atoms with van der Waals surface area (Å²) in [5.41, 5.74) is 5.20. The van der Waals surface area contributed by atoms with Gasteiger partial charge in [-0.1, -0.05) is 37.6 Å². The van der Waals surface area contributed by atoms with E-state index >= 15 is 0 Å². The number of piperazine rings is 1. The number of benzene rings is 1. The van der Waals surface area contributed by atoms with Crippen molar-refractivity contribution in [2.75, 3.05) is 0 Å². The molecule has 29 heavy (non-hydrogen) atoms. The van der Waals surface area contributed by atoms with Crippen molar-refractivity contribution in [2.24, 2.45) is 0 Å². The van der Waals surface area contributed by atoms with Gasteiger partial charge in [0, 0.05) is 27.6 Å². The fourth-order valence-electron chi connectivity index (χ4n) is 3.35. The van der Waals surface area contributed by atoms with Crippen LogP contribution < -0.4 is 10.6 Å². The number of amides is 2. The molecular formula is C24H29N3O2. The minimum Gasteiger partial charge on any atom is -0.357 e. The second-order valence-corrected chi connectivity index (χ2v) is 8.45. The lowest BCUT2D eigenvalue weighted by Gasteiger charge is -2.23. The molecule has 1 fully saturated rings. The van der Waals surface area contributed by atoms with E-state index < -0.39 is 6.04 Å². The Morgan fingerprint density at radius 1 is 1.24 bits per heavy atom. The maximum atomic E-state index is 12.5. The number of hydrogen-bond donors (Lipinski definition) is 3. The summed E-state index contributed by atoms with van der Waals surface area (Å²) in [5.74, 6) is -0.501. The first-order valence-corrected chi connectivity index (χ1v) is 9.88. The summed E-state index contributed by atoms with van der Waals surface area (Å²) < 4.78 is 0. The Bertz CT molecular complexity index is 1050. The first-order valence-electron chi connectivity index (χ1n) is 9.88. The van der Waals surface area contributed by atoms with E-state index in [4.69, 9.17) is 0 Å². The molecular weight excluding hydrogens is 362 g/mol. The molecule has 3 N–H and O–H groups in total. The molecule has 0 aliphatic carbocycles. The van der Waals surface area contributed by atoms with E-state index in [-0.39, 0.29) is 22.9 Å². The van der Waals surface area contributed by atoms with Crippen LogP contribution in [0.25, 0.3) is 17.0 Å². The minimum atomic E-state index is -0.539. The number of carbonyl (C=O) groups excluding carboxylic acids is 2. The van der Waals surface area contributed by atoms with Crippen LogP contribution in [0, 0.1) is 0 Å². The molecule has 2 aromatic rings. The predicted molar refractivity (Wildman–Crippen MR) is 118 cm³/mol. The molecule has 3 rings (SSSR count). The Balaban J connectivity index is 2.19. The number of H-pyrrole nitrogens is 1. The van der Waals surface area contributed by atoms with Gasteiger partial charge in [0.25, 0.3) is 5.91 Å². The van der Waals surface area contributed by atoms with Gasteiger partial charge in [0.05, 0.1) is 0 Å². The average Bonchev–Trinajstić information content (AvgIpc) is 3.03. The molecule has 2 amide bonds. The van der Waals surface area contributed by atoms with Gasteiger partial charge in [-0.05, 0) is 51.0 Å². The van der Waals surface area contributed by atoms with E-state index in [1.807, 2.05) is 6.08 Å². The Morgan fingerprint density at radius 3 is 2.62 bits per heavy atom. The molecule has 2 heterocycles. The lowest BCUT2D eigenvalue weighted by atomic mass is 9.86. The van der Waals surface area contributed by atoms with Gasteiger partial charge in [-0.2, -0.15) is 0 Å². The summed E-state index contributed by atoms with van der Waals surface area (Å²) in [6.45, 7) is 13.9. The molecule has 1 atom stereocenters. The number of rotatable bonds is 5. The lowest BCUT2D eigenvalue weighted by molar-refractivity contribution is -0.130. The van der Waals surface area contributed by atoms with Crippen LogP contribution in [0.5, 0.6) is 0 Å². The Kier molecular flexibility index (Phi) is 5.51. The highest BCUT2D eigenvalue weighted by Gasteiger charge is 2.28. The normalized spacial score (nSPS) is 18.5. The zero-order valence-electron chi connectivity index (χ0n) is 17.8. The Morgan fingerprint density at radius 2 is 1.97 bits per heavy atom. The number of fused-ring (bicyclic) bond motifs is 1. The van der Waals surface area contributed by atoms with Gasteiger partial charge in [-0.15, -0.1) is 6.58 Å². The first-order chi connectivity index (χ1) is 13.6.